The summed E-state index contributed by atoms with van der Waals surface area (Å²) in [5, 5.41) is 8.73. The van der Waals surface area contributed by atoms with Crippen LogP contribution in [0.5, 0.6) is 11.5 Å². The molecule has 1 amide bonds. The molecule has 22 heavy (non-hydrogen) atoms. The highest BCUT2D eigenvalue weighted by molar-refractivity contribution is 5.96. The lowest BCUT2D eigenvalue weighted by molar-refractivity contribution is -0.137. The summed E-state index contributed by atoms with van der Waals surface area (Å²) in [5.74, 6) is 0.126. The van der Waals surface area contributed by atoms with Crippen molar-refractivity contribution in [2.24, 2.45) is 5.92 Å². The number of carbonyl (C=O) groups excluding carboxylic acids is 1. The maximum absolute atomic E-state index is 12.1. The smallest absolute Gasteiger partial charge is 0.323 e. The number of aliphatic carboxylic acids is 1. The van der Waals surface area contributed by atoms with Gasteiger partial charge >= 0.3 is 5.97 Å². The fraction of sp³-hybridized carbons (Fsp3) is 0.500. The zero-order chi connectivity index (χ0) is 16.7. The van der Waals surface area contributed by atoms with Crippen LogP contribution in [0.2, 0.25) is 0 Å². The molecular weight excluding hydrogens is 286 g/mol. The zero-order valence-electron chi connectivity index (χ0n) is 13.5. The number of hydrogen-bond donors (Lipinski definition) is 1. The second-order valence-corrected chi connectivity index (χ2v) is 5.45. The van der Waals surface area contributed by atoms with Gasteiger partial charge in [0.2, 0.25) is 0 Å². The SMILES string of the molecule is COc1cc(C(=O)N(C)CC(=O)O)ccc1OCCC(C)C. The zero-order valence-corrected chi connectivity index (χ0v) is 13.5. The molecule has 1 N–H and O–H groups in total. The molecule has 0 fully saturated rings. The maximum Gasteiger partial charge on any atom is 0.323 e. The van der Waals surface area contributed by atoms with Crippen LogP contribution in [-0.4, -0.2) is 49.2 Å². The van der Waals surface area contributed by atoms with Crippen molar-refractivity contribution < 1.29 is 24.2 Å². The molecule has 0 atom stereocenters. The van der Waals surface area contributed by atoms with Gasteiger partial charge in [0.25, 0.3) is 5.91 Å². The molecule has 6 heteroatoms. The van der Waals surface area contributed by atoms with Crippen LogP contribution in [0.4, 0.5) is 0 Å². The fourth-order valence-electron chi connectivity index (χ4n) is 1.82. The number of carbonyl (C=O) groups is 2. The standard InChI is InChI=1S/C16H23NO5/c1-11(2)7-8-22-13-6-5-12(9-14(13)21-4)16(20)17(3)10-15(18)19/h5-6,9,11H,7-8,10H2,1-4H3,(H,18,19). The van der Waals surface area contributed by atoms with Gasteiger partial charge in [0.15, 0.2) is 11.5 Å². The van der Waals surface area contributed by atoms with Crippen LogP contribution in [0.1, 0.15) is 30.6 Å². The van der Waals surface area contributed by atoms with E-state index in [0.717, 1.165) is 11.3 Å². The maximum atomic E-state index is 12.1. The highest BCUT2D eigenvalue weighted by atomic mass is 16.5. The Morgan fingerprint density at radius 1 is 1.27 bits per heavy atom. The third-order valence-corrected chi connectivity index (χ3v) is 3.08. The second-order valence-electron chi connectivity index (χ2n) is 5.45. The number of ether oxygens (including phenoxy) is 2. The topological polar surface area (TPSA) is 76.1 Å². The van der Waals surface area contributed by atoms with Crippen molar-refractivity contribution in [2.75, 3.05) is 27.3 Å². The number of carboxylic acid groups (broad SMARTS) is 1. The van der Waals surface area contributed by atoms with Crippen LogP contribution in [-0.2, 0) is 4.79 Å². The van der Waals surface area contributed by atoms with E-state index in [1.165, 1.54) is 14.2 Å². The lowest BCUT2D eigenvalue weighted by Crippen LogP contribution is -2.31. The van der Waals surface area contributed by atoms with Gasteiger partial charge in [-0.25, -0.2) is 0 Å². The summed E-state index contributed by atoms with van der Waals surface area (Å²) in [4.78, 5) is 23.9. The minimum absolute atomic E-state index is 0.353. The van der Waals surface area contributed by atoms with E-state index in [1.807, 2.05) is 0 Å². The van der Waals surface area contributed by atoms with Crippen LogP contribution in [0.3, 0.4) is 0 Å². The van der Waals surface area contributed by atoms with Crippen molar-refractivity contribution in [3.05, 3.63) is 23.8 Å². The summed E-state index contributed by atoms with van der Waals surface area (Å²) >= 11 is 0. The average Bonchev–Trinajstić information content (AvgIpc) is 2.45. The van der Waals surface area contributed by atoms with Gasteiger partial charge in [-0.15, -0.1) is 0 Å². The van der Waals surface area contributed by atoms with Crippen LogP contribution >= 0.6 is 0 Å². The van der Waals surface area contributed by atoms with Crippen LogP contribution in [0.25, 0.3) is 0 Å². The summed E-state index contributed by atoms with van der Waals surface area (Å²) in [5.41, 5.74) is 0.358. The fourth-order valence-corrected chi connectivity index (χ4v) is 1.82. The molecule has 1 rings (SSSR count). The largest absolute Gasteiger partial charge is 0.493 e. The molecule has 0 aliphatic carbocycles. The first-order valence-corrected chi connectivity index (χ1v) is 7.13. The molecule has 1 aromatic carbocycles. The summed E-state index contributed by atoms with van der Waals surface area (Å²) < 4.78 is 10.9. The van der Waals surface area contributed by atoms with E-state index in [1.54, 1.807) is 18.2 Å². The predicted molar refractivity (Wildman–Crippen MR) is 82.5 cm³/mol. The van der Waals surface area contributed by atoms with E-state index in [4.69, 9.17) is 14.6 Å². The number of carboxylic acids is 1. The van der Waals surface area contributed by atoms with E-state index < -0.39 is 5.97 Å². The Balaban J connectivity index is 2.83. The summed E-state index contributed by atoms with van der Waals surface area (Å²) in [6, 6.07) is 4.83. The number of amides is 1. The molecule has 0 aliphatic heterocycles. The molecule has 122 valence electrons. The molecule has 6 nitrogen and oxygen atoms in total. The Morgan fingerprint density at radius 2 is 1.95 bits per heavy atom. The van der Waals surface area contributed by atoms with E-state index in [0.29, 0.717) is 29.6 Å². The Morgan fingerprint density at radius 3 is 2.50 bits per heavy atom. The Bertz CT molecular complexity index is 527. The van der Waals surface area contributed by atoms with E-state index in [9.17, 15) is 9.59 Å². The van der Waals surface area contributed by atoms with E-state index in [-0.39, 0.29) is 12.5 Å². The van der Waals surface area contributed by atoms with Gasteiger partial charge in [-0.2, -0.15) is 0 Å². The number of rotatable bonds is 8. The van der Waals surface area contributed by atoms with Gasteiger partial charge in [0, 0.05) is 12.6 Å². The highest BCUT2D eigenvalue weighted by Crippen LogP contribution is 2.28. The van der Waals surface area contributed by atoms with Crippen molar-refractivity contribution >= 4 is 11.9 Å². The lowest BCUT2D eigenvalue weighted by atomic mass is 10.1. The van der Waals surface area contributed by atoms with Gasteiger partial charge < -0.3 is 19.5 Å². The first-order chi connectivity index (χ1) is 10.3. The normalized spacial score (nSPS) is 10.4. The van der Waals surface area contributed by atoms with Crippen molar-refractivity contribution in [3.63, 3.8) is 0 Å². The Kier molecular flexibility index (Phi) is 6.69. The first kappa shape index (κ1) is 17.8. The van der Waals surface area contributed by atoms with Gasteiger partial charge in [-0.05, 0) is 30.5 Å². The van der Waals surface area contributed by atoms with Gasteiger partial charge in [-0.3, -0.25) is 9.59 Å². The summed E-state index contributed by atoms with van der Waals surface area (Å²) in [6.07, 6.45) is 0.922. The van der Waals surface area contributed by atoms with Crippen molar-refractivity contribution in [1.29, 1.82) is 0 Å². The van der Waals surface area contributed by atoms with Crippen molar-refractivity contribution in [2.45, 2.75) is 20.3 Å². The lowest BCUT2D eigenvalue weighted by Gasteiger charge is -2.16. The minimum Gasteiger partial charge on any atom is -0.493 e. The van der Waals surface area contributed by atoms with Crippen molar-refractivity contribution in [3.8, 4) is 11.5 Å². The third-order valence-electron chi connectivity index (χ3n) is 3.08. The number of hydrogen-bond acceptors (Lipinski definition) is 4. The van der Waals surface area contributed by atoms with Crippen molar-refractivity contribution in [1.82, 2.24) is 4.90 Å². The van der Waals surface area contributed by atoms with Gasteiger partial charge in [0.05, 0.1) is 13.7 Å². The molecule has 0 saturated heterocycles. The predicted octanol–water partition coefficient (Wildman–Crippen LogP) is 2.28. The average molecular weight is 309 g/mol. The van der Waals surface area contributed by atoms with Crippen LogP contribution < -0.4 is 9.47 Å². The van der Waals surface area contributed by atoms with Gasteiger partial charge in [0.1, 0.15) is 6.54 Å². The summed E-state index contributed by atoms with van der Waals surface area (Å²) in [7, 11) is 2.94. The quantitative estimate of drug-likeness (QED) is 0.797. The molecule has 0 aliphatic rings. The van der Waals surface area contributed by atoms with Crippen LogP contribution in [0, 0.1) is 5.92 Å². The molecule has 0 heterocycles. The molecule has 0 saturated carbocycles. The number of methoxy groups -OCH3 is 1. The Hall–Kier alpha value is -2.24. The molecule has 1 aromatic rings. The third kappa shape index (κ3) is 5.27. The van der Waals surface area contributed by atoms with E-state index >= 15 is 0 Å². The molecular formula is C16H23NO5. The second kappa shape index (κ2) is 8.26. The van der Waals surface area contributed by atoms with E-state index in [2.05, 4.69) is 13.8 Å². The molecule has 0 unspecified atom stereocenters. The Labute approximate surface area is 130 Å². The minimum atomic E-state index is -1.06. The summed E-state index contributed by atoms with van der Waals surface area (Å²) in [6.45, 7) is 4.44. The molecule has 0 aromatic heterocycles. The highest BCUT2D eigenvalue weighted by Gasteiger charge is 2.16. The molecule has 0 spiro atoms. The first-order valence-electron chi connectivity index (χ1n) is 7.13. The van der Waals surface area contributed by atoms with Gasteiger partial charge in [-0.1, -0.05) is 13.8 Å². The molecule has 0 radical (unpaired) electrons. The van der Waals surface area contributed by atoms with Crippen LogP contribution in [0.15, 0.2) is 18.2 Å². The number of likely N-dealkylation sites (N-methyl/N-ethyl adjacent to an activating group) is 1. The molecule has 0 bridgehead atoms. The number of nitrogens with zero attached hydrogens (tertiary/aromatic N) is 1. The number of benzene rings is 1. The monoisotopic (exact) mass is 309 g/mol.